The maximum absolute atomic E-state index is 12.2. The van der Waals surface area contributed by atoms with E-state index in [-0.39, 0.29) is 23.2 Å². The molecule has 0 aromatic heterocycles. The van der Waals surface area contributed by atoms with Crippen LogP contribution >= 0.6 is 0 Å². The average molecular weight is 239 g/mol. The number of amides is 1. The maximum atomic E-state index is 12.2. The third-order valence-electron chi connectivity index (χ3n) is 4.20. The molecule has 1 saturated carbocycles. The summed E-state index contributed by atoms with van der Waals surface area (Å²) in [5, 5.41) is 0. The molecule has 17 heavy (non-hydrogen) atoms. The van der Waals surface area contributed by atoms with Gasteiger partial charge in [-0.1, -0.05) is 6.92 Å². The van der Waals surface area contributed by atoms with Crippen LogP contribution in [0.5, 0.6) is 0 Å². The molecule has 1 aliphatic heterocycles. The van der Waals surface area contributed by atoms with Gasteiger partial charge in [0.1, 0.15) is 5.78 Å². The first-order valence-electron chi connectivity index (χ1n) is 6.42. The Bertz CT molecular complexity index is 317. The number of Topliss-reactive ketones (excluding diaryl/α,β-unsaturated/α-hetero) is 1. The molecule has 2 rings (SSSR count). The quantitative estimate of drug-likeness (QED) is 0.747. The highest BCUT2D eigenvalue weighted by molar-refractivity contribution is 5.85. The highest BCUT2D eigenvalue weighted by Crippen LogP contribution is 2.38. The van der Waals surface area contributed by atoms with Crippen LogP contribution in [0.1, 0.15) is 39.0 Å². The maximum Gasteiger partial charge on any atom is 0.225 e. The SMILES string of the molecule is COC1(CC(=O)N2CCC(=O)C(C)C2)CCC1. The lowest BCUT2D eigenvalue weighted by atomic mass is 9.77. The van der Waals surface area contributed by atoms with Gasteiger partial charge in [0.15, 0.2) is 0 Å². The van der Waals surface area contributed by atoms with E-state index in [1.807, 2.05) is 11.8 Å². The van der Waals surface area contributed by atoms with Gasteiger partial charge < -0.3 is 9.64 Å². The van der Waals surface area contributed by atoms with Crippen molar-refractivity contribution in [1.29, 1.82) is 0 Å². The highest BCUT2D eigenvalue weighted by atomic mass is 16.5. The van der Waals surface area contributed by atoms with Crippen molar-refractivity contribution in [1.82, 2.24) is 4.90 Å². The van der Waals surface area contributed by atoms with Gasteiger partial charge >= 0.3 is 0 Å². The minimum atomic E-state index is -0.207. The van der Waals surface area contributed by atoms with E-state index in [1.54, 1.807) is 7.11 Å². The first kappa shape index (κ1) is 12.6. The Kier molecular flexibility index (Phi) is 3.52. The summed E-state index contributed by atoms with van der Waals surface area (Å²) in [6.45, 7) is 3.07. The molecule has 4 nitrogen and oxygen atoms in total. The molecule has 0 bridgehead atoms. The largest absolute Gasteiger partial charge is 0.378 e. The Hall–Kier alpha value is -0.900. The van der Waals surface area contributed by atoms with Gasteiger partial charge in [-0.15, -0.1) is 0 Å². The Balaban J connectivity index is 1.90. The molecule has 1 atom stereocenters. The van der Waals surface area contributed by atoms with E-state index >= 15 is 0 Å². The van der Waals surface area contributed by atoms with Crippen LogP contribution in [-0.2, 0) is 14.3 Å². The predicted molar refractivity (Wildman–Crippen MR) is 63.6 cm³/mol. The van der Waals surface area contributed by atoms with Crippen molar-refractivity contribution in [2.75, 3.05) is 20.2 Å². The van der Waals surface area contributed by atoms with Crippen LogP contribution in [0.3, 0.4) is 0 Å². The summed E-state index contributed by atoms with van der Waals surface area (Å²) < 4.78 is 5.47. The molecule has 4 heteroatoms. The van der Waals surface area contributed by atoms with E-state index in [1.165, 1.54) is 0 Å². The summed E-state index contributed by atoms with van der Waals surface area (Å²) in [5.74, 6) is 0.414. The summed E-state index contributed by atoms with van der Waals surface area (Å²) in [4.78, 5) is 25.4. The Labute approximate surface area is 102 Å². The van der Waals surface area contributed by atoms with Gasteiger partial charge in [-0.05, 0) is 19.3 Å². The summed E-state index contributed by atoms with van der Waals surface area (Å²) in [7, 11) is 1.69. The average Bonchev–Trinajstić information content (AvgIpc) is 2.27. The number of rotatable bonds is 3. The van der Waals surface area contributed by atoms with Crippen LogP contribution < -0.4 is 0 Å². The van der Waals surface area contributed by atoms with E-state index < -0.39 is 0 Å². The molecule has 0 aromatic carbocycles. The lowest BCUT2D eigenvalue weighted by Gasteiger charge is -2.41. The minimum absolute atomic E-state index is 0.00687. The van der Waals surface area contributed by atoms with Gasteiger partial charge in [-0.25, -0.2) is 0 Å². The lowest BCUT2D eigenvalue weighted by Crippen LogP contribution is -2.48. The molecule has 0 N–H and O–H groups in total. The first-order chi connectivity index (χ1) is 8.06. The summed E-state index contributed by atoms with van der Waals surface area (Å²) >= 11 is 0. The van der Waals surface area contributed by atoms with Crippen molar-refractivity contribution < 1.29 is 14.3 Å². The summed E-state index contributed by atoms with van der Waals surface area (Å²) in [6, 6.07) is 0. The number of piperidine rings is 1. The lowest BCUT2D eigenvalue weighted by molar-refractivity contribution is -0.147. The minimum Gasteiger partial charge on any atom is -0.378 e. The second kappa shape index (κ2) is 4.77. The Morgan fingerprint density at radius 2 is 2.24 bits per heavy atom. The number of hydrogen-bond donors (Lipinski definition) is 0. The van der Waals surface area contributed by atoms with Gasteiger partial charge in [0.25, 0.3) is 0 Å². The van der Waals surface area contributed by atoms with E-state index in [0.29, 0.717) is 25.9 Å². The third-order valence-corrected chi connectivity index (χ3v) is 4.20. The van der Waals surface area contributed by atoms with Gasteiger partial charge in [0.05, 0.1) is 12.0 Å². The van der Waals surface area contributed by atoms with E-state index in [2.05, 4.69) is 0 Å². The highest BCUT2D eigenvalue weighted by Gasteiger charge is 2.40. The number of methoxy groups -OCH3 is 1. The van der Waals surface area contributed by atoms with Crippen LogP contribution in [-0.4, -0.2) is 42.4 Å². The molecular formula is C13H21NO3. The van der Waals surface area contributed by atoms with Gasteiger partial charge in [-0.3, -0.25) is 9.59 Å². The second-order valence-electron chi connectivity index (χ2n) is 5.37. The van der Waals surface area contributed by atoms with E-state index in [9.17, 15) is 9.59 Å². The van der Waals surface area contributed by atoms with Gasteiger partial charge in [-0.2, -0.15) is 0 Å². The number of ether oxygens (including phenoxy) is 1. The zero-order valence-electron chi connectivity index (χ0n) is 10.7. The van der Waals surface area contributed by atoms with Crippen molar-refractivity contribution in [2.24, 2.45) is 5.92 Å². The van der Waals surface area contributed by atoms with Gasteiger partial charge in [0, 0.05) is 32.5 Å². The van der Waals surface area contributed by atoms with Crippen LogP contribution in [0.4, 0.5) is 0 Å². The Morgan fingerprint density at radius 1 is 1.53 bits per heavy atom. The van der Waals surface area contributed by atoms with Crippen LogP contribution in [0, 0.1) is 5.92 Å². The van der Waals surface area contributed by atoms with Crippen LogP contribution in [0.25, 0.3) is 0 Å². The molecular weight excluding hydrogens is 218 g/mol. The monoisotopic (exact) mass is 239 g/mol. The fourth-order valence-corrected chi connectivity index (χ4v) is 2.65. The van der Waals surface area contributed by atoms with Crippen LogP contribution in [0.15, 0.2) is 0 Å². The predicted octanol–water partition coefficient (Wildman–Crippen LogP) is 1.38. The second-order valence-corrected chi connectivity index (χ2v) is 5.37. The third kappa shape index (κ3) is 2.51. The van der Waals surface area contributed by atoms with Crippen molar-refractivity contribution in [3.8, 4) is 0 Å². The molecule has 0 radical (unpaired) electrons. The van der Waals surface area contributed by atoms with Gasteiger partial charge in [0.2, 0.25) is 5.91 Å². The number of hydrogen-bond acceptors (Lipinski definition) is 3. The van der Waals surface area contributed by atoms with Crippen LogP contribution in [0.2, 0.25) is 0 Å². The fraction of sp³-hybridized carbons (Fsp3) is 0.846. The standard InChI is InChI=1S/C13H21NO3/c1-10-9-14(7-4-11(10)15)12(16)8-13(17-2)5-3-6-13/h10H,3-9H2,1-2H3. The molecule has 1 aliphatic carbocycles. The number of carbonyl (C=O) groups excluding carboxylic acids is 2. The smallest absolute Gasteiger partial charge is 0.225 e. The summed E-state index contributed by atoms with van der Waals surface area (Å²) in [5.41, 5.74) is -0.207. The zero-order chi connectivity index (χ0) is 12.5. The fourth-order valence-electron chi connectivity index (χ4n) is 2.65. The molecule has 0 spiro atoms. The summed E-state index contributed by atoms with van der Waals surface area (Å²) in [6.07, 6.45) is 4.10. The number of carbonyl (C=O) groups is 2. The first-order valence-corrected chi connectivity index (χ1v) is 6.42. The molecule has 96 valence electrons. The Morgan fingerprint density at radius 3 is 2.71 bits per heavy atom. The number of likely N-dealkylation sites (tertiary alicyclic amines) is 1. The molecule has 2 aliphatic rings. The van der Waals surface area contributed by atoms with E-state index in [0.717, 1.165) is 19.3 Å². The van der Waals surface area contributed by atoms with Crippen molar-refractivity contribution >= 4 is 11.7 Å². The normalized spacial score (nSPS) is 27.8. The molecule has 1 amide bonds. The molecule has 2 fully saturated rings. The number of nitrogens with zero attached hydrogens (tertiary/aromatic N) is 1. The van der Waals surface area contributed by atoms with Crippen molar-refractivity contribution in [3.63, 3.8) is 0 Å². The molecule has 1 unspecified atom stereocenters. The molecule has 0 aromatic rings. The zero-order valence-corrected chi connectivity index (χ0v) is 10.7. The van der Waals surface area contributed by atoms with Crippen molar-refractivity contribution in [3.05, 3.63) is 0 Å². The molecule has 1 saturated heterocycles. The van der Waals surface area contributed by atoms with E-state index in [4.69, 9.17) is 4.74 Å². The van der Waals surface area contributed by atoms with Crippen molar-refractivity contribution in [2.45, 2.75) is 44.6 Å². The number of ketones is 1. The molecule has 1 heterocycles. The topological polar surface area (TPSA) is 46.6 Å².